The summed E-state index contributed by atoms with van der Waals surface area (Å²) >= 11 is 0. The average Bonchev–Trinajstić information content (AvgIpc) is 3.15. The van der Waals surface area contributed by atoms with Gasteiger partial charge in [0.25, 0.3) is 5.91 Å². The molecule has 1 fully saturated rings. The highest BCUT2D eigenvalue weighted by Crippen LogP contribution is 2.25. The molecule has 0 atom stereocenters. The molecule has 3 aromatic rings. The van der Waals surface area contributed by atoms with Crippen molar-refractivity contribution >= 4 is 23.2 Å². The molecule has 0 aromatic heterocycles. The number of nitrogens with zero attached hydrogens (tertiary/aromatic N) is 1. The van der Waals surface area contributed by atoms with Gasteiger partial charge in [0.2, 0.25) is 5.91 Å². The maximum absolute atomic E-state index is 12.7. The van der Waals surface area contributed by atoms with Crippen molar-refractivity contribution in [2.24, 2.45) is 0 Å². The van der Waals surface area contributed by atoms with E-state index >= 15 is 0 Å². The molecule has 0 radical (unpaired) electrons. The summed E-state index contributed by atoms with van der Waals surface area (Å²) in [4.78, 5) is 26.4. The van der Waals surface area contributed by atoms with E-state index < -0.39 is 0 Å². The Balaban J connectivity index is 1.48. The smallest absolute Gasteiger partial charge is 0.255 e. The molecule has 140 valence electrons. The third-order valence-corrected chi connectivity index (χ3v) is 4.56. The quantitative estimate of drug-likeness (QED) is 0.696. The molecule has 0 bridgehead atoms. The van der Waals surface area contributed by atoms with E-state index in [-0.39, 0.29) is 11.8 Å². The van der Waals surface area contributed by atoms with Gasteiger partial charge in [-0.25, -0.2) is 0 Å². The van der Waals surface area contributed by atoms with Crippen molar-refractivity contribution in [2.45, 2.75) is 12.8 Å². The molecule has 1 aliphatic rings. The van der Waals surface area contributed by atoms with Crippen molar-refractivity contribution < 1.29 is 14.3 Å². The standard InChI is InChI=1S/C23H20N2O3/c26-22-13-6-14-25(22)19-9-5-8-18(16-19)24-23(27)17-7-4-12-21(15-17)28-20-10-2-1-3-11-20/h1-5,7-12,15-16H,6,13-14H2,(H,24,27). The summed E-state index contributed by atoms with van der Waals surface area (Å²) in [6.07, 6.45) is 1.44. The molecule has 0 unspecified atom stereocenters. The van der Waals surface area contributed by atoms with Gasteiger partial charge in [-0.1, -0.05) is 30.3 Å². The fourth-order valence-electron chi connectivity index (χ4n) is 3.20. The molecule has 28 heavy (non-hydrogen) atoms. The average molecular weight is 372 g/mol. The number of para-hydroxylation sites is 1. The molecule has 2 amide bonds. The minimum atomic E-state index is -0.233. The number of carbonyl (C=O) groups excluding carboxylic acids is 2. The van der Waals surface area contributed by atoms with Crippen LogP contribution in [0.1, 0.15) is 23.2 Å². The van der Waals surface area contributed by atoms with Crippen LogP contribution in [0.25, 0.3) is 0 Å². The first kappa shape index (κ1) is 17.8. The SMILES string of the molecule is O=C(Nc1cccc(N2CCCC2=O)c1)c1cccc(Oc2ccccc2)c1. The van der Waals surface area contributed by atoms with E-state index in [2.05, 4.69) is 5.32 Å². The van der Waals surface area contributed by atoms with Crippen molar-refractivity contribution in [3.63, 3.8) is 0 Å². The van der Waals surface area contributed by atoms with Gasteiger partial charge in [0.05, 0.1) is 0 Å². The first-order valence-corrected chi connectivity index (χ1v) is 9.24. The molecular weight excluding hydrogens is 352 g/mol. The zero-order valence-electron chi connectivity index (χ0n) is 15.3. The summed E-state index contributed by atoms with van der Waals surface area (Å²) in [7, 11) is 0. The molecule has 1 aliphatic heterocycles. The van der Waals surface area contributed by atoms with Crippen molar-refractivity contribution in [3.05, 3.63) is 84.4 Å². The van der Waals surface area contributed by atoms with Gasteiger partial charge in [0.1, 0.15) is 11.5 Å². The number of amides is 2. The number of benzene rings is 3. The van der Waals surface area contributed by atoms with Crippen molar-refractivity contribution in [2.75, 3.05) is 16.8 Å². The Hall–Kier alpha value is -3.60. The molecule has 0 aliphatic carbocycles. The predicted octanol–water partition coefficient (Wildman–Crippen LogP) is 4.86. The number of anilines is 2. The number of hydrogen-bond donors (Lipinski definition) is 1. The molecule has 3 aromatic carbocycles. The molecule has 0 saturated carbocycles. The zero-order valence-corrected chi connectivity index (χ0v) is 15.3. The van der Waals surface area contributed by atoms with E-state index in [1.807, 2.05) is 60.7 Å². The van der Waals surface area contributed by atoms with Gasteiger partial charge in [0, 0.05) is 29.9 Å². The van der Waals surface area contributed by atoms with Gasteiger partial charge in [0.15, 0.2) is 0 Å². The van der Waals surface area contributed by atoms with E-state index in [1.54, 1.807) is 23.1 Å². The Morgan fingerprint density at radius 2 is 1.68 bits per heavy atom. The Kier molecular flexibility index (Phi) is 5.06. The van der Waals surface area contributed by atoms with Gasteiger partial charge < -0.3 is 15.0 Å². The lowest BCUT2D eigenvalue weighted by Gasteiger charge is -2.17. The van der Waals surface area contributed by atoms with Crippen molar-refractivity contribution in [1.82, 2.24) is 0 Å². The van der Waals surface area contributed by atoms with E-state index in [0.29, 0.717) is 29.2 Å². The highest BCUT2D eigenvalue weighted by Gasteiger charge is 2.21. The fourth-order valence-corrected chi connectivity index (χ4v) is 3.20. The number of rotatable bonds is 5. The number of nitrogens with one attached hydrogen (secondary N) is 1. The molecule has 0 spiro atoms. The van der Waals surface area contributed by atoms with Gasteiger partial charge in [-0.2, -0.15) is 0 Å². The normalized spacial score (nSPS) is 13.4. The second kappa shape index (κ2) is 7.96. The molecule has 1 heterocycles. The Bertz CT molecular complexity index is 1000. The summed E-state index contributed by atoms with van der Waals surface area (Å²) in [5, 5.41) is 2.90. The van der Waals surface area contributed by atoms with Gasteiger partial charge in [-0.05, 0) is 55.0 Å². The first-order valence-electron chi connectivity index (χ1n) is 9.24. The third-order valence-electron chi connectivity index (χ3n) is 4.56. The lowest BCUT2D eigenvalue weighted by Crippen LogP contribution is -2.23. The Morgan fingerprint density at radius 3 is 2.46 bits per heavy atom. The molecule has 1 N–H and O–H groups in total. The van der Waals surface area contributed by atoms with Crippen LogP contribution in [-0.2, 0) is 4.79 Å². The minimum absolute atomic E-state index is 0.120. The van der Waals surface area contributed by atoms with Crippen molar-refractivity contribution in [1.29, 1.82) is 0 Å². The monoisotopic (exact) mass is 372 g/mol. The van der Waals surface area contributed by atoms with Crippen LogP contribution in [0.3, 0.4) is 0 Å². The second-order valence-electron chi connectivity index (χ2n) is 6.60. The fraction of sp³-hybridized carbons (Fsp3) is 0.130. The highest BCUT2D eigenvalue weighted by molar-refractivity contribution is 6.05. The number of ether oxygens (including phenoxy) is 1. The molecule has 1 saturated heterocycles. The summed E-state index contributed by atoms with van der Waals surface area (Å²) in [6.45, 7) is 0.717. The van der Waals surface area contributed by atoms with Gasteiger partial charge in [-0.15, -0.1) is 0 Å². The zero-order chi connectivity index (χ0) is 19.3. The third kappa shape index (κ3) is 4.04. The Labute approximate surface area is 163 Å². The van der Waals surface area contributed by atoms with Crippen molar-refractivity contribution in [3.8, 4) is 11.5 Å². The van der Waals surface area contributed by atoms with Crippen LogP contribution in [0.4, 0.5) is 11.4 Å². The van der Waals surface area contributed by atoms with E-state index in [4.69, 9.17) is 4.74 Å². The molecular formula is C23H20N2O3. The predicted molar refractivity (Wildman–Crippen MR) is 109 cm³/mol. The van der Waals surface area contributed by atoms with Gasteiger partial charge >= 0.3 is 0 Å². The summed E-state index contributed by atoms with van der Waals surface area (Å²) < 4.78 is 5.79. The lowest BCUT2D eigenvalue weighted by molar-refractivity contribution is -0.117. The van der Waals surface area contributed by atoms with E-state index in [9.17, 15) is 9.59 Å². The molecule has 4 rings (SSSR count). The highest BCUT2D eigenvalue weighted by atomic mass is 16.5. The topological polar surface area (TPSA) is 58.6 Å². The Morgan fingerprint density at radius 1 is 0.893 bits per heavy atom. The van der Waals surface area contributed by atoms with E-state index in [0.717, 1.165) is 18.7 Å². The summed E-state index contributed by atoms with van der Waals surface area (Å²) in [5.74, 6) is 1.19. The lowest BCUT2D eigenvalue weighted by atomic mass is 10.2. The van der Waals surface area contributed by atoms with Crippen LogP contribution < -0.4 is 15.0 Å². The summed E-state index contributed by atoms with van der Waals surface area (Å²) in [5.41, 5.74) is 1.95. The largest absolute Gasteiger partial charge is 0.457 e. The van der Waals surface area contributed by atoms with Gasteiger partial charge in [-0.3, -0.25) is 9.59 Å². The first-order chi connectivity index (χ1) is 13.7. The summed E-state index contributed by atoms with van der Waals surface area (Å²) in [6, 6.07) is 23.8. The van der Waals surface area contributed by atoms with Crippen LogP contribution >= 0.6 is 0 Å². The molecule has 5 heteroatoms. The maximum Gasteiger partial charge on any atom is 0.255 e. The van der Waals surface area contributed by atoms with Crippen LogP contribution in [0.5, 0.6) is 11.5 Å². The second-order valence-corrected chi connectivity index (χ2v) is 6.60. The van der Waals surface area contributed by atoms with E-state index in [1.165, 1.54) is 0 Å². The minimum Gasteiger partial charge on any atom is -0.457 e. The van der Waals surface area contributed by atoms with Crippen LogP contribution in [0.15, 0.2) is 78.9 Å². The van der Waals surface area contributed by atoms with Crippen LogP contribution in [-0.4, -0.2) is 18.4 Å². The number of hydrogen-bond acceptors (Lipinski definition) is 3. The maximum atomic E-state index is 12.7. The van der Waals surface area contributed by atoms with Crippen LogP contribution in [0, 0.1) is 0 Å². The van der Waals surface area contributed by atoms with Crippen LogP contribution in [0.2, 0.25) is 0 Å². The molecule has 5 nitrogen and oxygen atoms in total. The number of carbonyl (C=O) groups is 2.